The lowest BCUT2D eigenvalue weighted by molar-refractivity contribution is -0.123. The maximum absolute atomic E-state index is 13.0. The largest absolute Gasteiger partial charge is 0.490 e. The molecule has 0 aromatic heterocycles. The highest BCUT2D eigenvalue weighted by atomic mass is 79.9. The number of nitrogens with zero attached hydrogens (tertiary/aromatic N) is 1. The fourth-order valence-corrected chi connectivity index (χ4v) is 5.12. The van der Waals surface area contributed by atoms with Gasteiger partial charge in [0.25, 0.3) is 11.1 Å². The van der Waals surface area contributed by atoms with Crippen LogP contribution in [-0.2, 0) is 11.3 Å². The molecule has 2 amide bonds. The lowest BCUT2D eigenvalue weighted by atomic mass is 10.1. The summed E-state index contributed by atoms with van der Waals surface area (Å²) < 4.78 is 11.8. The first-order valence-electron chi connectivity index (χ1n) is 11.0. The van der Waals surface area contributed by atoms with Crippen molar-refractivity contribution in [3.63, 3.8) is 0 Å². The molecule has 0 spiro atoms. The Morgan fingerprint density at radius 1 is 1.11 bits per heavy atom. The van der Waals surface area contributed by atoms with Crippen molar-refractivity contribution in [1.29, 1.82) is 0 Å². The number of hydrogen-bond donors (Lipinski definition) is 0. The quantitative estimate of drug-likeness (QED) is 0.165. The van der Waals surface area contributed by atoms with Crippen molar-refractivity contribution < 1.29 is 23.9 Å². The second-order valence-electron chi connectivity index (χ2n) is 7.86. The summed E-state index contributed by atoms with van der Waals surface area (Å²) in [5.41, 5.74) is 2.82. The van der Waals surface area contributed by atoms with Gasteiger partial charge in [0.2, 0.25) is 0 Å². The number of halogens is 2. The SMILES string of the molecule is CCOc1cc(/C=C2\SC(=O)N(Cc3ccccc3C)C2=O)cc(Br)c1OC(=O)c1cccc(Cl)c1. The third-order valence-corrected chi connectivity index (χ3v) is 7.08. The predicted octanol–water partition coefficient (Wildman–Crippen LogP) is 7.27. The number of amides is 2. The molecule has 1 aliphatic rings. The summed E-state index contributed by atoms with van der Waals surface area (Å²) in [5, 5.41) is 0.0888. The molecular formula is C27H21BrClNO5S. The Balaban J connectivity index is 1.60. The van der Waals surface area contributed by atoms with Crippen molar-refractivity contribution in [2.75, 3.05) is 6.61 Å². The molecule has 0 aliphatic carbocycles. The monoisotopic (exact) mass is 585 g/mol. The van der Waals surface area contributed by atoms with Crippen LogP contribution < -0.4 is 9.47 Å². The Bertz CT molecular complexity index is 1390. The van der Waals surface area contributed by atoms with Crippen molar-refractivity contribution >= 4 is 62.5 Å². The number of carbonyl (C=O) groups is 3. The fraction of sp³-hybridized carbons (Fsp3) is 0.148. The van der Waals surface area contributed by atoms with E-state index < -0.39 is 5.97 Å². The average Bonchev–Trinajstić information content (AvgIpc) is 3.10. The van der Waals surface area contributed by atoms with Gasteiger partial charge < -0.3 is 9.47 Å². The van der Waals surface area contributed by atoms with E-state index >= 15 is 0 Å². The summed E-state index contributed by atoms with van der Waals surface area (Å²) in [6.45, 7) is 4.28. The van der Waals surface area contributed by atoms with Gasteiger partial charge in [0.15, 0.2) is 11.5 Å². The number of esters is 1. The Kier molecular flexibility index (Phi) is 8.18. The van der Waals surface area contributed by atoms with Crippen LogP contribution in [0.1, 0.15) is 34.0 Å². The molecule has 36 heavy (non-hydrogen) atoms. The topological polar surface area (TPSA) is 72.9 Å². The van der Waals surface area contributed by atoms with Crippen LogP contribution >= 0.6 is 39.3 Å². The zero-order valence-electron chi connectivity index (χ0n) is 19.4. The van der Waals surface area contributed by atoms with E-state index in [1.165, 1.54) is 11.0 Å². The molecule has 1 fully saturated rings. The molecule has 9 heteroatoms. The molecule has 184 valence electrons. The number of ether oxygens (including phenoxy) is 2. The summed E-state index contributed by atoms with van der Waals surface area (Å²) in [6, 6.07) is 17.4. The maximum atomic E-state index is 13.0. The molecule has 0 saturated carbocycles. The van der Waals surface area contributed by atoms with E-state index in [-0.39, 0.29) is 23.4 Å². The number of thioether (sulfide) groups is 1. The van der Waals surface area contributed by atoms with Crippen LogP contribution in [0.25, 0.3) is 6.08 Å². The minimum Gasteiger partial charge on any atom is -0.490 e. The molecule has 1 heterocycles. The van der Waals surface area contributed by atoms with Crippen molar-refractivity contribution in [3.8, 4) is 11.5 Å². The zero-order chi connectivity index (χ0) is 25.8. The van der Waals surface area contributed by atoms with Crippen molar-refractivity contribution in [1.82, 2.24) is 4.90 Å². The van der Waals surface area contributed by atoms with Gasteiger partial charge in [-0.25, -0.2) is 4.79 Å². The molecule has 0 atom stereocenters. The second-order valence-corrected chi connectivity index (χ2v) is 10.1. The van der Waals surface area contributed by atoms with Crippen LogP contribution in [0.5, 0.6) is 11.5 Å². The minimum atomic E-state index is -0.593. The van der Waals surface area contributed by atoms with Crippen molar-refractivity contribution in [2.24, 2.45) is 0 Å². The molecular weight excluding hydrogens is 566 g/mol. The van der Waals surface area contributed by atoms with E-state index in [9.17, 15) is 14.4 Å². The van der Waals surface area contributed by atoms with Gasteiger partial charge in [-0.15, -0.1) is 0 Å². The number of rotatable bonds is 7. The third-order valence-electron chi connectivity index (χ3n) is 5.35. The number of benzene rings is 3. The molecule has 3 aromatic rings. The van der Waals surface area contributed by atoms with Crippen molar-refractivity contribution in [2.45, 2.75) is 20.4 Å². The van der Waals surface area contributed by atoms with Crippen LogP contribution in [0.2, 0.25) is 5.02 Å². The summed E-state index contributed by atoms with van der Waals surface area (Å²) in [5.74, 6) is -0.442. The number of carbonyl (C=O) groups excluding carboxylic acids is 3. The smallest absolute Gasteiger partial charge is 0.343 e. The molecule has 1 saturated heterocycles. The maximum Gasteiger partial charge on any atom is 0.343 e. The molecule has 3 aromatic carbocycles. The van der Waals surface area contributed by atoms with E-state index in [1.54, 1.807) is 43.3 Å². The summed E-state index contributed by atoms with van der Waals surface area (Å²) in [4.78, 5) is 39.8. The Hall–Kier alpha value is -3.07. The van der Waals surface area contributed by atoms with Gasteiger partial charge in [0.1, 0.15) is 0 Å². The summed E-state index contributed by atoms with van der Waals surface area (Å²) >= 11 is 10.3. The molecule has 1 aliphatic heterocycles. The molecule has 0 bridgehead atoms. The first kappa shape index (κ1) is 26.0. The molecule has 0 radical (unpaired) electrons. The van der Waals surface area contributed by atoms with Crippen LogP contribution in [0, 0.1) is 6.92 Å². The molecule has 0 N–H and O–H groups in total. The van der Waals surface area contributed by atoms with Crippen molar-refractivity contribution in [3.05, 3.63) is 97.3 Å². The number of imide groups is 1. The molecule has 6 nitrogen and oxygen atoms in total. The molecule has 4 rings (SSSR count). The van der Waals surface area contributed by atoms with Gasteiger partial charge in [0.05, 0.1) is 28.1 Å². The van der Waals surface area contributed by atoms with Gasteiger partial charge in [-0.05, 0) is 94.6 Å². The lowest BCUT2D eigenvalue weighted by Crippen LogP contribution is -2.27. The Labute approximate surface area is 226 Å². The minimum absolute atomic E-state index is 0.201. The first-order valence-corrected chi connectivity index (χ1v) is 13.0. The van der Waals surface area contributed by atoms with Gasteiger partial charge >= 0.3 is 5.97 Å². The van der Waals surface area contributed by atoms with Crippen LogP contribution in [0.15, 0.2) is 70.0 Å². The van der Waals surface area contributed by atoms with Crippen LogP contribution in [-0.4, -0.2) is 28.6 Å². The second kappa shape index (κ2) is 11.3. The normalized spacial score (nSPS) is 14.4. The highest BCUT2D eigenvalue weighted by molar-refractivity contribution is 9.10. The number of hydrogen-bond acceptors (Lipinski definition) is 6. The van der Waals surface area contributed by atoms with E-state index in [4.69, 9.17) is 21.1 Å². The average molecular weight is 587 g/mol. The third kappa shape index (κ3) is 5.83. The Morgan fingerprint density at radius 3 is 2.61 bits per heavy atom. The van der Waals surface area contributed by atoms with E-state index in [1.807, 2.05) is 31.2 Å². The van der Waals surface area contributed by atoms with Crippen LogP contribution in [0.3, 0.4) is 0 Å². The van der Waals surface area contributed by atoms with E-state index in [0.717, 1.165) is 22.9 Å². The highest BCUT2D eigenvalue weighted by Crippen LogP contribution is 2.40. The van der Waals surface area contributed by atoms with E-state index in [2.05, 4.69) is 15.9 Å². The first-order chi connectivity index (χ1) is 17.3. The van der Waals surface area contributed by atoms with Gasteiger partial charge in [-0.3, -0.25) is 14.5 Å². The summed E-state index contributed by atoms with van der Waals surface area (Å²) in [6.07, 6.45) is 1.62. The number of aryl methyl sites for hydroxylation is 1. The predicted molar refractivity (Wildman–Crippen MR) is 144 cm³/mol. The Morgan fingerprint density at radius 2 is 1.89 bits per heavy atom. The summed E-state index contributed by atoms with van der Waals surface area (Å²) in [7, 11) is 0. The zero-order valence-corrected chi connectivity index (χ0v) is 22.6. The standard InChI is InChI=1S/C27H21BrClNO5S/c1-3-34-22-12-17(11-21(28)24(22)35-26(32)18-9-6-10-20(29)14-18)13-23-25(31)30(27(33)36-23)15-19-8-5-4-7-16(19)2/h4-14H,3,15H2,1-2H3/b23-13-. The van der Waals surface area contributed by atoms with Gasteiger partial charge in [-0.1, -0.05) is 41.9 Å². The lowest BCUT2D eigenvalue weighted by Gasteiger charge is -2.14. The molecule has 0 unspecified atom stereocenters. The van der Waals surface area contributed by atoms with Gasteiger partial charge in [0, 0.05) is 5.02 Å². The van der Waals surface area contributed by atoms with Crippen LogP contribution in [0.4, 0.5) is 4.79 Å². The van der Waals surface area contributed by atoms with Gasteiger partial charge in [-0.2, -0.15) is 0 Å². The fourth-order valence-electron chi connectivity index (χ4n) is 3.55. The highest BCUT2D eigenvalue weighted by Gasteiger charge is 2.35. The van der Waals surface area contributed by atoms with E-state index in [0.29, 0.717) is 37.9 Å².